The number of nitrogens with two attached hydrogens (primary N) is 1. The van der Waals surface area contributed by atoms with Gasteiger partial charge in [0, 0.05) is 47.7 Å². The minimum Gasteiger partial charge on any atom is -0.489 e. The summed E-state index contributed by atoms with van der Waals surface area (Å²) in [6.45, 7) is 3.30. The number of nitrogens with one attached hydrogen (secondary N) is 1. The molecule has 3 heterocycles. The van der Waals surface area contributed by atoms with Gasteiger partial charge in [-0.3, -0.25) is 19.4 Å². The maximum atomic E-state index is 13.8. The molecule has 0 bridgehead atoms. The number of pyridine rings is 2. The molecular formula is C35H35FN4O6. The van der Waals surface area contributed by atoms with E-state index in [9.17, 15) is 23.9 Å². The third-order valence-corrected chi connectivity index (χ3v) is 8.55. The average Bonchev–Trinajstić information content (AvgIpc) is 3.79. The number of hydrogen-bond donors (Lipinski definition) is 3. The van der Waals surface area contributed by atoms with Gasteiger partial charge < -0.3 is 25.6 Å². The maximum absolute atomic E-state index is 13.8. The van der Waals surface area contributed by atoms with Crippen LogP contribution >= 0.6 is 0 Å². The quantitative estimate of drug-likeness (QED) is 0.195. The van der Waals surface area contributed by atoms with Gasteiger partial charge in [0.2, 0.25) is 11.8 Å². The van der Waals surface area contributed by atoms with Crippen molar-refractivity contribution in [3.63, 3.8) is 0 Å². The van der Waals surface area contributed by atoms with Gasteiger partial charge in [0.15, 0.2) is 5.78 Å². The van der Waals surface area contributed by atoms with E-state index >= 15 is 0 Å². The predicted octanol–water partition coefficient (Wildman–Crippen LogP) is 4.49. The van der Waals surface area contributed by atoms with E-state index in [0.29, 0.717) is 39.4 Å². The molecule has 10 nitrogen and oxygen atoms in total. The van der Waals surface area contributed by atoms with Crippen LogP contribution in [0.5, 0.6) is 11.5 Å². The summed E-state index contributed by atoms with van der Waals surface area (Å²) in [6, 6.07) is 14.5. The van der Waals surface area contributed by atoms with E-state index in [4.69, 9.17) is 20.2 Å². The fraction of sp³-hybridized carbons (Fsp3) is 0.343. The number of fused-ring (bicyclic) bond motifs is 2. The van der Waals surface area contributed by atoms with Crippen molar-refractivity contribution in [2.45, 2.75) is 63.1 Å². The Morgan fingerprint density at radius 3 is 2.63 bits per heavy atom. The predicted molar refractivity (Wildman–Crippen MR) is 168 cm³/mol. The van der Waals surface area contributed by atoms with Gasteiger partial charge in [-0.2, -0.15) is 0 Å². The van der Waals surface area contributed by atoms with E-state index in [1.807, 2.05) is 6.07 Å². The molecule has 2 aliphatic rings. The summed E-state index contributed by atoms with van der Waals surface area (Å²) < 4.78 is 25.9. The minimum atomic E-state index is -1.60. The second-order valence-electron chi connectivity index (χ2n) is 12.4. The molecule has 1 saturated carbocycles. The van der Waals surface area contributed by atoms with Crippen molar-refractivity contribution in [1.29, 1.82) is 0 Å². The molecular weight excluding hydrogens is 591 g/mol. The molecule has 2 amide bonds. The lowest BCUT2D eigenvalue weighted by Crippen LogP contribution is -2.44. The monoisotopic (exact) mass is 626 g/mol. The second kappa shape index (κ2) is 12.1. The number of hydrogen-bond acceptors (Lipinski definition) is 8. The number of amides is 2. The lowest BCUT2D eigenvalue weighted by molar-refractivity contribution is -0.126. The van der Waals surface area contributed by atoms with Crippen molar-refractivity contribution in [1.82, 2.24) is 15.3 Å². The number of carbonyl (C=O) groups excluding carboxylic acids is 3. The number of carbonyl (C=O) groups is 3. The highest BCUT2D eigenvalue weighted by atomic mass is 19.1. The Bertz CT molecular complexity index is 1840. The number of rotatable bonds is 12. The molecule has 4 aromatic rings. The van der Waals surface area contributed by atoms with E-state index in [1.54, 1.807) is 56.4 Å². The SMILES string of the molecule is C[C@](O)(CCC(=O)c1cc(OC2CC2)c2ncccc2c1)c1cc2c(c(-c3ccc(F)cc3)n1)OC[C@]2(C)C(=O)NCCC(N)=O. The molecule has 1 fully saturated rings. The lowest BCUT2D eigenvalue weighted by atomic mass is 9.81. The van der Waals surface area contributed by atoms with E-state index in [2.05, 4.69) is 10.3 Å². The summed E-state index contributed by atoms with van der Waals surface area (Å²) in [4.78, 5) is 47.3. The molecule has 46 heavy (non-hydrogen) atoms. The largest absolute Gasteiger partial charge is 0.489 e. The summed E-state index contributed by atoms with van der Waals surface area (Å²) in [6.07, 6.45) is 3.72. The van der Waals surface area contributed by atoms with Gasteiger partial charge in [0.05, 0.1) is 11.8 Å². The van der Waals surface area contributed by atoms with Crippen LogP contribution in [0.3, 0.4) is 0 Å². The lowest BCUT2D eigenvalue weighted by Gasteiger charge is -2.26. The van der Waals surface area contributed by atoms with Crippen molar-refractivity contribution in [2.75, 3.05) is 13.2 Å². The highest BCUT2D eigenvalue weighted by Gasteiger charge is 2.46. The van der Waals surface area contributed by atoms with Crippen LogP contribution in [0.15, 0.2) is 60.8 Å². The molecule has 1 aliphatic carbocycles. The summed E-state index contributed by atoms with van der Waals surface area (Å²) >= 11 is 0. The van der Waals surface area contributed by atoms with Crippen molar-refractivity contribution < 1.29 is 33.4 Å². The zero-order chi connectivity index (χ0) is 32.6. The first-order chi connectivity index (χ1) is 21.9. The molecule has 0 radical (unpaired) electrons. The molecule has 11 heteroatoms. The van der Waals surface area contributed by atoms with Gasteiger partial charge in [0.25, 0.3) is 0 Å². The number of primary amides is 1. The van der Waals surface area contributed by atoms with Crippen LogP contribution in [0.25, 0.3) is 22.2 Å². The molecule has 4 N–H and O–H groups in total. The Kier molecular flexibility index (Phi) is 8.20. The van der Waals surface area contributed by atoms with Crippen molar-refractivity contribution >= 4 is 28.5 Å². The third-order valence-electron chi connectivity index (χ3n) is 8.55. The molecule has 2 aromatic carbocycles. The Labute approximate surface area is 265 Å². The van der Waals surface area contributed by atoms with Crippen LogP contribution in [0, 0.1) is 5.82 Å². The van der Waals surface area contributed by atoms with Gasteiger partial charge in [-0.05, 0) is 81.6 Å². The number of aromatic nitrogens is 2. The van der Waals surface area contributed by atoms with Gasteiger partial charge in [-0.25, -0.2) is 9.37 Å². The van der Waals surface area contributed by atoms with Crippen molar-refractivity contribution in [3.8, 4) is 22.8 Å². The minimum absolute atomic E-state index is 0.00629. The Hall–Kier alpha value is -4.90. The molecule has 0 unspecified atom stereocenters. The smallest absolute Gasteiger partial charge is 0.234 e. The Morgan fingerprint density at radius 1 is 1.15 bits per heavy atom. The summed E-state index contributed by atoms with van der Waals surface area (Å²) in [7, 11) is 0. The average molecular weight is 627 g/mol. The molecule has 6 rings (SSSR count). The fourth-order valence-electron chi connectivity index (χ4n) is 5.55. The van der Waals surface area contributed by atoms with Crippen LogP contribution in [-0.4, -0.2) is 51.9 Å². The molecule has 1 aliphatic heterocycles. The van der Waals surface area contributed by atoms with Crippen molar-refractivity contribution in [2.24, 2.45) is 5.73 Å². The maximum Gasteiger partial charge on any atom is 0.234 e. The topological polar surface area (TPSA) is 154 Å². The third kappa shape index (κ3) is 6.28. The van der Waals surface area contributed by atoms with Crippen LogP contribution < -0.4 is 20.5 Å². The number of benzene rings is 2. The van der Waals surface area contributed by atoms with E-state index in [1.165, 1.54) is 12.1 Å². The van der Waals surface area contributed by atoms with E-state index < -0.39 is 22.7 Å². The zero-order valence-corrected chi connectivity index (χ0v) is 25.6. The second-order valence-corrected chi connectivity index (χ2v) is 12.4. The summed E-state index contributed by atoms with van der Waals surface area (Å²) in [5.41, 5.74) is 5.14. The van der Waals surface area contributed by atoms with E-state index in [0.717, 1.165) is 18.2 Å². The van der Waals surface area contributed by atoms with Gasteiger partial charge >= 0.3 is 0 Å². The van der Waals surface area contributed by atoms with Crippen LogP contribution in [0.4, 0.5) is 4.39 Å². The number of nitrogens with zero attached hydrogens (tertiary/aromatic N) is 2. The van der Waals surface area contributed by atoms with Crippen LogP contribution in [0.2, 0.25) is 0 Å². The van der Waals surface area contributed by atoms with Crippen LogP contribution in [-0.2, 0) is 20.6 Å². The van der Waals surface area contributed by atoms with Crippen LogP contribution in [0.1, 0.15) is 67.6 Å². The summed E-state index contributed by atoms with van der Waals surface area (Å²) in [5, 5.41) is 15.3. The molecule has 238 valence electrons. The first-order valence-electron chi connectivity index (χ1n) is 15.3. The first kappa shape index (κ1) is 31.1. The molecule has 2 atom stereocenters. The Morgan fingerprint density at radius 2 is 1.91 bits per heavy atom. The van der Waals surface area contributed by atoms with Crippen molar-refractivity contribution in [3.05, 3.63) is 83.4 Å². The fourth-order valence-corrected chi connectivity index (χ4v) is 5.55. The van der Waals surface area contributed by atoms with Gasteiger partial charge in [-0.15, -0.1) is 0 Å². The number of Topliss-reactive ketones (excluding diaryl/α,β-unsaturated/α-hetero) is 1. The standard InChI is InChI=1S/C35H35FN4O6/c1-34(33(43)39-15-12-29(37)42)19-45-32-25(34)18-28(40-31(32)20-5-7-23(36)8-6-20)35(2,44)13-11-26(41)22-16-21-4-3-14-38-30(21)27(17-22)46-24-9-10-24/h3-8,14,16-18,24,44H,9-13,15,19H2,1-2H3,(H2,37,42)(H,39,43)/t34-,35-/m0/s1. The van der Waals surface area contributed by atoms with Gasteiger partial charge in [-0.1, -0.05) is 6.07 Å². The number of ether oxygens (including phenoxy) is 2. The molecule has 0 saturated heterocycles. The van der Waals surface area contributed by atoms with E-state index in [-0.39, 0.29) is 55.9 Å². The molecule has 2 aromatic heterocycles. The highest BCUT2D eigenvalue weighted by Crippen LogP contribution is 2.46. The zero-order valence-electron chi connectivity index (χ0n) is 25.6. The normalized spacial score (nSPS) is 18.3. The molecule has 0 spiro atoms. The Balaban J connectivity index is 1.31. The number of ketones is 1. The summed E-state index contributed by atoms with van der Waals surface area (Å²) in [5.74, 6) is -0.655. The number of halogens is 1. The number of aliphatic hydroxyl groups is 1. The van der Waals surface area contributed by atoms with Gasteiger partial charge in [0.1, 0.15) is 46.1 Å². The highest BCUT2D eigenvalue weighted by molar-refractivity contribution is 6.01. The first-order valence-corrected chi connectivity index (χ1v) is 15.3.